The Morgan fingerprint density at radius 2 is 2.05 bits per heavy atom. The molecule has 1 aromatic rings. The second-order valence-electron chi connectivity index (χ2n) is 4.42. The third-order valence-corrected chi connectivity index (χ3v) is 3.49. The highest BCUT2D eigenvalue weighted by molar-refractivity contribution is 7.80. The molecule has 1 aromatic carbocycles. The van der Waals surface area contributed by atoms with E-state index in [-0.39, 0.29) is 23.2 Å². The topological polar surface area (TPSA) is 49.5 Å². The lowest BCUT2D eigenvalue weighted by atomic mass is 10.1. The second-order valence-corrected chi connectivity index (χ2v) is 4.86. The standard InChI is InChI=1S/C14H21FN2OS/c1-3-10(4-2)17(7-8-18)11-5-6-12(14(16)19)13(15)9-11/h5-6,9-10,18H,3-4,7-8H2,1-2H3,(H2,16,19). The molecule has 0 saturated carbocycles. The monoisotopic (exact) mass is 284 g/mol. The minimum Gasteiger partial charge on any atom is -0.395 e. The average molecular weight is 284 g/mol. The van der Waals surface area contributed by atoms with Crippen molar-refractivity contribution in [3.63, 3.8) is 0 Å². The van der Waals surface area contributed by atoms with Crippen LogP contribution in [-0.2, 0) is 0 Å². The molecular formula is C14H21FN2OS. The second kappa shape index (κ2) is 7.40. The van der Waals surface area contributed by atoms with Gasteiger partial charge in [-0.25, -0.2) is 4.39 Å². The van der Waals surface area contributed by atoms with Gasteiger partial charge in [0.05, 0.1) is 6.61 Å². The van der Waals surface area contributed by atoms with Crippen molar-refractivity contribution in [1.29, 1.82) is 0 Å². The van der Waals surface area contributed by atoms with E-state index in [1.807, 2.05) is 4.90 Å². The van der Waals surface area contributed by atoms with Crippen molar-refractivity contribution in [2.75, 3.05) is 18.1 Å². The van der Waals surface area contributed by atoms with E-state index >= 15 is 0 Å². The van der Waals surface area contributed by atoms with E-state index in [9.17, 15) is 9.50 Å². The number of hydrogen-bond donors (Lipinski definition) is 2. The summed E-state index contributed by atoms with van der Waals surface area (Å²) >= 11 is 4.79. The Morgan fingerprint density at radius 3 is 2.47 bits per heavy atom. The van der Waals surface area contributed by atoms with E-state index in [0.717, 1.165) is 18.5 Å². The fourth-order valence-corrected chi connectivity index (χ4v) is 2.41. The highest BCUT2D eigenvalue weighted by Crippen LogP contribution is 2.23. The van der Waals surface area contributed by atoms with E-state index in [1.54, 1.807) is 12.1 Å². The van der Waals surface area contributed by atoms with Crippen LogP contribution in [0.15, 0.2) is 18.2 Å². The van der Waals surface area contributed by atoms with Crippen LogP contribution in [0.5, 0.6) is 0 Å². The van der Waals surface area contributed by atoms with Crippen molar-refractivity contribution in [3.05, 3.63) is 29.6 Å². The van der Waals surface area contributed by atoms with Crippen molar-refractivity contribution in [2.24, 2.45) is 5.73 Å². The van der Waals surface area contributed by atoms with Crippen LogP contribution in [0.4, 0.5) is 10.1 Å². The zero-order chi connectivity index (χ0) is 14.4. The molecule has 1 rings (SSSR count). The van der Waals surface area contributed by atoms with E-state index in [0.29, 0.717) is 6.54 Å². The van der Waals surface area contributed by atoms with Crippen LogP contribution in [0.1, 0.15) is 32.3 Å². The van der Waals surface area contributed by atoms with Gasteiger partial charge in [0.2, 0.25) is 0 Å². The molecule has 0 aliphatic carbocycles. The summed E-state index contributed by atoms with van der Waals surface area (Å²) in [6.45, 7) is 4.68. The van der Waals surface area contributed by atoms with E-state index < -0.39 is 5.82 Å². The van der Waals surface area contributed by atoms with Gasteiger partial charge in [-0.1, -0.05) is 26.1 Å². The number of rotatable bonds is 7. The first-order chi connectivity index (χ1) is 9.04. The van der Waals surface area contributed by atoms with Crippen LogP contribution in [0, 0.1) is 5.82 Å². The van der Waals surface area contributed by atoms with E-state index in [1.165, 1.54) is 6.07 Å². The molecule has 0 spiro atoms. The zero-order valence-corrected chi connectivity index (χ0v) is 12.2. The fourth-order valence-electron chi connectivity index (χ4n) is 2.24. The first-order valence-electron chi connectivity index (χ1n) is 6.51. The van der Waals surface area contributed by atoms with Crippen LogP contribution in [0.25, 0.3) is 0 Å². The van der Waals surface area contributed by atoms with Gasteiger partial charge in [0, 0.05) is 23.8 Å². The van der Waals surface area contributed by atoms with Crippen molar-refractivity contribution < 1.29 is 9.50 Å². The quantitative estimate of drug-likeness (QED) is 0.755. The lowest BCUT2D eigenvalue weighted by molar-refractivity contribution is 0.296. The molecule has 0 aliphatic rings. The maximum absolute atomic E-state index is 13.9. The van der Waals surface area contributed by atoms with Crippen LogP contribution >= 0.6 is 12.2 Å². The molecule has 3 N–H and O–H groups in total. The molecule has 5 heteroatoms. The van der Waals surface area contributed by atoms with Crippen LogP contribution in [0.2, 0.25) is 0 Å². The highest BCUT2D eigenvalue weighted by Gasteiger charge is 2.17. The molecule has 0 fully saturated rings. The maximum Gasteiger partial charge on any atom is 0.135 e. The minimum atomic E-state index is -0.418. The first kappa shape index (κ1) is 15.9. The molecule has 3 nitrogen and oxygen atoms in total. The molecule has 0 amide bonds. The van der Waals surface area contributed by atoms with Gasteiger partial charge in [-0.3, -0.25) is 0 Å². The molecule has 19 heavy (non-hydrogen) atoms. The van der Waals surface area contributed by atoms with Gasteiger partial charge in [0.25, 0.3) is 0 Å². The number of anilines is 1. The Kier molecular flexibility index (Phi) is 6.18. The Labute approximate surface area is 119 Å². The van der Waals surface area contributed by atoms with Gasteiger partial charge in [-0.15, -0.1) is 0 Å². The number of aliphatic hydroxyl groups excluding tert-OH is 1. The smallest absolute Gasteiger partial charge is 0.135 e. The lowest BCUT2D eigenvalue weighted by Gasteiger charge is -2.32. The number of thiocarbonyl (C=S) groups is 1. The summed E-state index contributed by atoms with van der Waals surface area (Å²) in [6, 6.07) is 5.11. The number of aliphatic hydroxyl groups is 1. The predicted molar refractivity (Wildman–Crippen MR) is 81.1 cm³/mol. The van der Waals surface area contributed by atoms with Crippen LogP contribution in [0.3, 0.4) is 0 Å². The van der Waals surface area contributed by atoms with Crippen molar-refractivity contribution in [2.45, 2.75) is 32.7 Å². The molecule has 0 heterocycles. The molecule has 0 atom stereocenters. The van der Waals surface area contributed by atoms with Gasteiger partial charge in [-0.05, 0) is 31.0 Å². The summed E-state index contributed by atoms with van der Waals surface area (Å²) in [6.07, 6.45) is 1.88. The SMILES string of the molecule is CCC(CC)N(CCO)c1ccc(C(N)=S)c(F)c1. The maximum atomic E-state index is 13.9. The summed E-state index contributed by atoms with van der Waals surface area (Å²) in [4.78, 5) is 2.08. The normalized spacial score (nSPS) is 10.8. The van der Waals surface area contributed by atoms with Gasteiger partial charge >= 0.3 is 0 Å². The van der Waals surface area contributed by atoms with Gasteiger partial charge in [-0.2, -0.15) is 0 Å². The number of halogens is 1. The van der Waals surface area contributed by atoms with Gasteiger partial charge < -0.3 is 15.7 Å². The van der Waals surface area contributed by atoms with E-state index in [2.05, 4.69) is 13.8 Å². The summed E-state index contributed by atoms with van der Waals surface area (Å²) in [5.74, 6) is -0.418. The molecule has 0 bridgehead atoms. The molecule has 0 aliphatic heterocycles. The lowest BCUT2D eigenvalue weighted by Crippen LogP contribution is -2.36. The highest BCUT2D eigenvalue weighted by atomic mass is 32.1. The molecule has 0 saturated heterocycles. The van der Waals surface area contributed by atoms with Gasteiger partial charge in [0.15, 0.2) is 0 Å². The van der Waals surface area contributed by atoms with Gasteiger partial charge in [0.1, 0.15) is 10.8 Å². The van der Waals surface area contributed by atoms with Crippen molar-refractivity contribution >= 4 is 22.9 Å². The first-order valence-corrected chi connectivity index (χ1v) is 6.92. The largest absolute Gasteiger partial charge is 0.395 e. The average Bonchev–Trinajstić information content (AvgIpc) is 2.38. The summed E-state index contributed by atoms with van der Waals surface area (Å²) in [5.41, 5.74) is 6.46. The summed E-state index contributed by atoms with van der Waals surface area (Å²) in [7, 11) is 0. The number of nitrogens with zero attached hydrogens (tertiary/aromatic N) is 1. The summed E-state index contributed by atoms with van der Waals surface area (Å²) in [5, 5.41) is 9.17. The summed E-state index contributed by atoms with van der Waals surface area (Å²) < 4.78 is 13.9. The van der Waals surface area contributed by atoms with Crippen molar-refractivity contribution in [3.8, 4) is 0 Å². The number of nitrogens with two attached hydrogens (primary N) is 1. The Hall–Kier alpha value is -1.20. The fraction of sp³-hybridized carbons (Fsp3) is 0.500. The van der Waals surface area contributed by atoms with E-state index in [4.69, 9.17) is 18.0 Å². The third kappa shape index (κ3) is 3.88. The Balaban J connectivity index is 3.09. The number of benzene rings is 1. The molecule has 106 valence electrons. The minimum absolute atomic E-state index is 0.0369. The van der Waals surface area contributed by atoms with Crippen LogP contribution in [-0.4, -0.2) is 29.3 Å². The number of hydrogen-bond acceptors (Lipinski definition) is 3. The zero-order valence-electron chi connectivity index (χ0n) is 11.4. The predicted octanol–water partition coefficient (Wildman–Crippen LogP) is 2.45. The Bertz CT molecular complexity index is 435. The van der Waals surface area contributed by atoms with Crippen molar-refractivity contribution in [1.82, 2.24) is 0 Å². The Morgan fingerprint density at radius 1 is 1.42 bits per heavy atom. The molecule has 0 aromatic heterocycles. The molecule has 0 radical (unpaired) electrons. The molecule has 0 unspecified atom stereocenters. The van der Waals surface area contributed by atoms with Crippen LogP contribution < -0.4 is 10.6 Å². The third-order valence-electron chi connectivity index (χ3n) is 3.27. The molecular weight excluding hydrogens is 263 g/mol.